The van der Waals surface area contributed by atoms with Crippen LogP contribution in [0.5, 0.6) is 0 Å². The smallest absolute Gasteiger partial charge is 0.337 e. The van der Waals surface area contributed by atoms with E-state index in [1.807, 2.05) is 0 Å². The molecule has 0 aromatic heterocycles. The molecule has 0 heterocycles. The molecule has 0 atom stereocenters. The number of rotatable bonds is 4. The van der Waals surface area contributed by atoms with Crippen molar-refractivity contribution in [2.45, 2.75) is 19.3 Å². The van der Waals surface area contributed by atoms with Gasteiger partial charge in [0.1, 0.15) is 5.82 Å². The van der Waals surface area contributed by atoms with E-state index in [9.17, 15) is 9.18 Å². The number of carboxylic acid groups (broad SMARTS) is 1. The molecule has 17 heavy (non-hydrogen) atoms. The van der Waals surface area contributed by atoms with Gasteiger partial charge in [-0.2, -0.15) is 0 Å². The largest absolute Gasteiger partial charge is 0.478 e. The molecule has 0 aliphatic heterocycles. The van der Waals surface area contributed by atoms with E-state index in [-0.39, 0.29) is 16.9 Å². The summed E-state index contributed by atoms with van der Waals surface area (Å²) in [6.45, 7) is 0.680. The van der Waals surface area contributed by atoms with E-state index in [2.05, 4.69) is 5.32 Å². The second-order valence-electron chi connectivity index (χ2n) is 4.40. The molecule has 1 aliphatic carbocycles. The van der Waals surface area contributed by atoms with E-state index in [4.69, 9.17) is 10.8 Å². The van der Waals surface area contributed by atoms with Gasteiger partial charge in [-0.05, 0) is 30.9 Å². The summed E-state index contributed by atoms with van der Waals surface area (Å²) >= 11 is 0. The quantitative estimate of drug-likeness (QED) is 0.704. The second-order valence-corrected chi connectivity index (χ2v) is 4.40. The fourth-order valence-corrected chi connectivity index (χ4v) is 1.86. The Kier molecular flexibility index (Phi) is 3.17. The van der Waals surface area contributed by atoms with Crippen molar-refractivity contribution in [3.63, 3.8) is 0 Å². The van der Waals surface area contributed by atoms with Crippen LogP contribution in [-0.4, -0.2) is 17.6 Å². The standard InChI is InChI=1S/C12H15FN2O2/c13-9-5-10(14)8(12(16)17)4-11(9)15-6-7-2-1-3-7/h4-5,7,15H,1-3,6,14H2,(H,16,17). The number of halogens is 1. The van der Waals surface area contributed by atoms with Gasteiger partial charge in [0, 0.05) is 12.2 Å². The van der Waals surface area contributed by atoms with Crippen LogP contribution in [0.1, 0.15) is 29.6 Å². The highest BCUT2D eigenvalue weighted by Crippen LogP contribution is 2.28. The van der Waals surface area contributed by atoms with Crippen molar-refractivity contribution in [3.05, 3.63) is 23.5 Å². The number of nitrogens with one attached hydrogen (secondary N) is 1. The topological polar surface area (TPSA) is 75.3 Å². The molecule has 1 aromatic carbocycles. The first-order valence-corrected chi connectivity index (χ1v) is 5.64. The van der Waals surface area contributed by atoms with Gasteiger partial charge in [-0.1, -0.05) is 6.42 Å². The van der Waals surface area contributed by atoms with Crippen LogP contribution in [0.4, 0.5) is 15.8 Å². The molecule has 2 rings (SSSR count). The number of hydrogen-bond acceptors (Lipinski definition) is 3. The predicted octanol–water partition coefficient (Wildman–Crippen LogP) is 2.32. The molecule has 5 heteroatoms. The Hall–Kier alpha value is -1.78. The lowest BCUT2D eigenvalue weighted by Gasteiger charge is -2.26. The molecule has 0 bridgehead atoms. The number of benzene rings is 1. The molecule has 1 aromatic rings. The normalized spacial score (nSPS) is 15.4. The number of anilines is 2. The van der Waals surface area contributed by atoms with Gasteiger partial charge in [-0.25, -0.2) is 9.18 Å². The number of nitrogens with two attached hydrogens (primary N) is 1. The van der Waals surface area contributed by atoms with Gasteiger partial charge in [0.15, 0.2) is 0 Å². The molecule has 0 spiro atoms. The lowest BCUT2D eigenvalue weighted by molar-refractivity contribution is 0.0698. The zero-order chi connectivity index (χ0) is 12.4. The van der Waals surface area contributed by atoms with Gasteiger partial charge in [-0.15, -0.1) is 0 Å². The van der Waals surface area contributed by atoms with Gasteiger partial charge in [-0.3, -0.25) is 0 Å². The molecule has 1 fully saturated rings. The highest BCUT2D eigenvalue weighted by molar-refractivity contribution is 5.94. The molecule has 1 saturated carbocycles. The van der Waals surface area contributed by atoms with Gasteiger partial charge in [0.25, 0.3) is 0 Å². The van der Waals surface area contributed by atoms with Crippen molar-refractivity contribution in [1.82, 2.24) is 0 Å². The van der Waals surface area contributed by atoms with Crippen LogP contribution in [0.3, 0.4) is 0 Å². The summed E-state index contributed by atoms with van der Waals surface area (Å²) in [7, 11) is 0. The summed E-state index contributed by atoms with van der Waals surface area (Å²) in [5.41, 5.74) is 5.53. The monoisotopic (exact) mass is 238 g/mol. The number of carbonyl (C=O) groups is 1. The SMILES string of the molecule is Nc1cc(F)c(NCC2CCC2)cc1C(=O)O. The average molecular weight is 238 g/mol. The van der Waals surface area contributed by atoms with E-state index in [0.29, 0.717) is 12.5 Å². The van der Waals surface area contributed by atoms with Crippen molar-refractivity contribution >= 4 is 17.3 Å². The third-order valence-corrected chi connectivity index (χ3v) is 3.18. The van der Waals surface area contributed by atoms with Crippen LogP contribution in [0.2, 0.25) is 0 Å². The van der Waals surface area contributed by atoms with E-state index in [1.54, 1.807) is 0 Å². The minimum absolute atomic E-state index is 0.0517. The zero-order valence-corrected chi connectivity index (χ0v) is 9.37. The van der Waals surface area contributed by atoms with Crippen LogP contribution >= 0.6 is 0 Å². The number of hydrogen-bond donors (Lipinski definition) is 3. The highest BCUT2D eigenvalue weighted by atomic mass is 19.1. The van der Waals surface area contributed by atoms with Gasteiger partial charge in [0.2, 0.25) is 0 Å². The first kappa shape index (κ1) is 11.7. The third kappa shape index (κ3) is 2.49. The van der Waals surface area contributed by atoms with Crippen molar-refractivity contribution in [1.29, 1.82) is 0 Å². The van der Waals surface area contributed by atoms with Crippen LogP contribution in [0, 0.1) is 11.7 Å². The van der Waals surface area contributed by atoms with Crippen molar-refractivity contribution in [2.75, 3.05) is 17.6 Å². The molecule has 0 unspecified atom stereocenters. The summed E-state index contributed by atoms with van der Waals surface area (Å²) < 4.78 is 13.5. The lowest BCUT2D eigenvalue weighted by atomic mass is 9.85. The van der Waals surface area contributed by atoms with Gasteiger partial charge in [0.05, 0.1) is 11.3 Å². The Morgan fingerprint density at radius 1 is 1.53 bits per heavy atom. The van der Waals surface area contributed by atoms with E-state index in [1.165, 1.54) is 12.5 Å². The maximum absolute atomic E-state index is 13.5. The number of carboxylic acids is 1. The van der Waals surface area contributed by atoms with Crippen molar-refractivity contribution in [3.8, 4) is 0 Å². The van der Waals surface area contributed by atoms with Crippen molar-refractivity contribution in [2.24, 2.45) is 5.92 Å². The van der Waals surface area contributed by atoms with Crippen LogP contribution < -0.4 is 11.1 Å². The fraction of sp³-hybridized carbons (Fsp3) is 0.417. The summed E-state index contributed by atoms with van der Waals surface area (Å²) in [4.78, 5) is 10.9. The van der Waals surface area contributed by atoms with E-state index in [0.717, 1.165) is 18.9 Å². The molecule has 0 amide bonds. The molecule has 92 valence electrons. The zero-order valence-electron chi connectivity index (χ0n) is 9.37. The molecular formula is C12H15FN2O2. The second kappa shape index (κ2) is 4.61. The van der Waals surface area contributed by atoms with Crippen molar-refractivity contribution < 1.29 is 14.3 Å². The Labute approximate surface area is 98.6 Å². The Morgan fingerprint density at radius 3 is 2.76 bits per heavy atom. The molecule has 0 radical (unpaired) electrons. The summed E-state index contributed by atoms with van der Waals surface area (Å²) in [5.74, 6) is -1.08. The van der Waals surface area contributed by atoms with E-state index < -0.39 is 11.8 Å². The summed E-state index contributed by atoms with van der Waals surface area (Å²) in [6.07, 6.45) is 3.52. The van der Waals surface area contributed by atoms with Crippen LogP contribution in [-0.2, 0) is 0 Å². The van der Waals surface area contributed by atoms with Crippen LogP contribution in [0.15, 0.2) is 12.1 Å². The van der Waals surface area contributed by atoms with Gasteiger partial charge >= 0.3 is 5.97 Å². The molecule has 0 saturated heterocycles. The van der Waals surface area contributed by atoms with Crippen LogP contribution in [0.25, 0.3) is 0 Å². The predicted molar refractivity (Wildman–Crippen MR) is 63.6 cm³/mol. The number of aromatic carboxylic acids is 1. The Morgan fingerprint density at radius 2 is 2.24 bits per heavy atom. The minimum atomic E-state index is -1.14. The Balaban J connectivity index is 2.14. The molecular weight excluding hydrogens is 223 g/mol. The molecule has 1 aliphatic rings. The fourth-order valence-electron chi connectivity index (χ4n) is 1.86. The van der Waals surface area contributed by atoms with Gasteiger partial charge < -0.3 is 16.2 Å². The minimum Gasteiger partial charge on any atom is -0.478 e. The number of nitrogen functional groups attached to an aromatic ring is 1. The highest BCUT2D eigenvalue weighted by Gasteiger charge is 2.18. The summed E-state index contributed by atoms with van der Waals surface area (Å²) in [5, 5.41) is 11.8. The maximum atomic E-state index is 13.5. The lowest BCUT2D eigenvalue weighted by Crippen LogP contribution is -2.21. The first-order valence-electron chi connectivity index (χ1n) is 5.64. The Bertz CT molecular complexity index is 444. The average Bonchev–Trinajstić information content (AvgIpc) is 2.18. The third-order valence-electron chi connectivity index (χ3n) is 3.18. The van der Waals surface area contributed by atoms with E-state index >= 15 is 0 Å². The molecule has 4 N–H and O–H groups in total. The first-order chi connectivity index (χ1) is 8.08. The molecule has 4 nitrogen and oxygen atoms in total. The summed E-state index contributed by atoms with van der Waals surface area (Å²) in [6, 6.07) is 2.30. The maximum Gasteiger partial charge on any atom is 0.337 e.